The van der Waals surface area contributed by atoms with Gasteiger partial charge in [0.2, 0.25) is 5.91 Å². The van der Waals surface area contributed by atoms with Crippen LogP contribution < -0.4 is 9.64 Å². The van der Waals surface area contributed by atoms with Crippen LogP contribution in [0.25, 0.3) is 10.8 Å². The van der Waals surface area contributed by atoms with E-state index in [9.17, 15) is 14.3 Å². The molecule has 1 aliphatic carbocycles. The number of likely N-dealkylation sites (N-methyl/N-ethyl adjacent to an activating group) is 1. The van der Waals surface area contributed by atoms with E-state index in [1.807, 2.05) is 47.2 Å². The zero-order valence-electron chi connectivity index (χ0n) is 23.5. The summed E-state index contributed by atoms with van der Waals surface area (Å²) in [4.78, 5) is 28.1. The second-order valence-electron chi connectivity index (χ2n) is 11.7. The molecule has 4 atom stereocenters. The highest BCUT2D eigenvalue weighted by Gasteiger charge is 2.34. The van der Waals surface area contributed by atoms with Crippen LogP contribution in [0.2, 0.25) is 0 Å². The highest BCUT2D eigenvalue weighted by atomic mass is 19.1. The Morgan fingerprint density at radius 1 is 1.18 bits per heavy atom. The Bertz CT molecular complexity index is 1420. The third-order valence-electron chi connectivity index (χ3n) is 8.94. The van der Waals surface area contributed by atoms with Crippen molar-refractivity contribution in [3.8, 4) is 11.8 Å². The van der Waals surface area contributed by atoms with Crippen LogP contribution in [0.1, 0.15) is 49.4 Å². The number of rotatable bonds is 5. The molecule has 0 radical (unpaired) electrons. The molecule has 0 spiro atoms. The van der Waals surface area contributed by atoms with Gasteiger partial charge in [-0.15, -0.1) is 0 Å². The Hall–Kier alpha value is -3.46. The van der Waals surface area contributed by atoms with Gasteiger partial charge in [-0.1, -0.05) is 24.3 Å². The first-order chi connectivity index (χ1) is 19.3. The van der Waals surface area contributed by atoms with E-state index in [2.05, 4.69) is 17.9 Å². The van der Waals surface area contributed by atoms with Gasteiger partial charge >= 0.3 is 6.01 Å². The topological polar surface area (TPSA) is 82.0 Å². The molecule has 1 amide bonds. The van der Waals surface area contributed by atoms with Crippen LogP contribution in [-0.4, -0.2) is 88.9 Å². The standard InChI is InChI=1S/C31H38FN5O3/c1-19-16-36(20(2)38)10-11-37(19)30-27-9-8-22(28-15-25(39)12-21-6-4-5-7-26(21)28)13-29(27)33-31(34-30)40-18-24-14-23(32)17-35(24)3/h4-7,12,15,19,22-24,39H,8-11,13-14,16-18H2,1-3H3/t19-,22-,23+,24-/m0/s1. The molecule has 3 aromatic rings. The summed E-state index contributed by atoms with van der Waals surface area (Å²) in [7, 11) is 1.92. The third-order valence-corrected chi connectivity index (χ3v) is 8.94. The molecule has 3 heterocycles. The molecule has 2 saturated heterocycles. The number of phenolic OH excluding ortho intramolecular Hbond substituents is 1. The summed E-state index contributed by atoms with van der Waals surface area (Å²) in [6.07, 6.45) is 2.06. The fraction of sp³-hybridized carbons (Fsp3) is 0.516. The van der Waals surface area contributed by atoms with Crippen molar-refractivity contribution in [3.05, 3.63) is 53.2 Å². The SMILES string of the molecule is CC(=O)N1CCN(c2nc(OC[C@@H]3C[C@@H](F)CN3C)nc3c2CC[C@H](c2cc(O)cc4ccccc24)C3)[C@@H](C)C1. The Balaban J connectivity index is 1.33. The molecule has 40 heavy (non-hydrogen) atoms. The lowest BCUT2D eigenvalue weighted by atomic mass is 9.80. The average molecular weight is 548 g/mol. The van der Waals surface area contributed by atoms with E-state index in [0.29, 0.717) is 51.6 Å². The maximum atomic E-state index is 14.0. The molecule has 0 bridgehead atoms. The zero-order valence-corrected chi connectivity index (χ0v) is 23.5. The second kappa shape index (κ2) is 10.8. The number of likely N-dealkylation sites (tertiary alicyclic amines) is 1. The van der Waals surface area contributed by atoms with E-state index in [4.69, 9.17) is 14.7 Å². The summed E-state index contributed by atoms with van der Waals surface area (Å²) in [5.41, 5.74) is 3.24. The van der Waals surface area contributed by atoms with Crippen molar-refractivity contribution in [1.82, 2.24) is 19.8 Å². The lowest BCUT2D eigenvalue weighted by Crippen LogP contribution is -2.54. The normalized spacial score (nSPS) is 25.3. The fourth-order valence-electron chi connectivity index (χ4n) is 6.74. The fourth-order valence-corrected chi connectivity index (χ4v) is 6.74. The van der Waals surface area contributed by atoms with Crippen molar-refractivity contribution in [1.29, 1.82) is 0 Å². The predicted molar refractivity (Wildman–Crippen MR) is 153 cm³/mol. The maximum absolute atomic E-state index is 14.0. The predicted octanol–water partition coefficient (Wildman–Crippen LogP) is 4.09. The second-order valence-corrected chi connectivity index (χ2v) is 11.7. The van der Waals surface area contributed by atoms with Crippen molar-refractivity contribution in [2.24, 2.45) is 0 Å². The number of hydrogen-bond acceptors (Lipinski definition) is 7. The van der Waals surface area contributed by atoms with Crippen LogP contribution in [0.3, 0.4) is 0 Å². The highest BCUT2D eigenvalue weighted by molar-refractivity contribution is 5.87. The van der Waals surface area contributed by atoms with Gasteiger partial charge in [0.25, 0.3) is 0 Å². The molecule has 1 N–H and O–H groups in total. The number of piperazine rings is 1. The van der Waals surface area contributed by atoms with E-state index >= 15 is 0 Å². The first-order valence-electron chi connectivity index (χ1n) is 14.4. The summed E-state index contributed by atoms with van der Waals surface area (Å²) in [6.45, 7) is 6.49. The number of nitrogens with zero attached hydrogens (tertiary/aromatic N) is 5. The molecular formula is C31H38FN5O3. The minimum Gasteiger partial charge on any atom is -0.508 e. The Kier molecular flexibility index (Phi) is 7.25. The van der Waals surface area contributed by atoms with Crippen LogP contribution in [0.4, 0.5) is 10.2 Å². The monoisotopic (exact) mass is 547 g/mol. The van der Waals surface area contributed by atoms with E-state index in [0.717, 1.165) is 46.3 Å². The Morgan fingerprint density at radius 3 is 2.75 bits per heavy atom. The lowest BCUT2D eigenvalue weighted by Gasteiger charge is -2.41. The van der Waals surface area contributed by atoms with Crippen LogP contribution >= 0.6 is 0 Å². The van der Waals surface area contributed by atoms with Gasteiger partial charge in [0.1, 0.15) is 24.3 Å². The number of amides is 1. The number of fused-ring (bicyclic) bond motifs is 2. The van der Waals surface area contributed by atoms with E-state index in [1.54, 1.807) is 6.92 Å². The Morgan fingerprint density at radius 2 is 2.00 bits per heavy atom. The number of anilines is 1. The van der Waals surface area contributed by atoms with Crippen molar-refractivity contribution >= 4 is 22.5 Å². The minimum absolute atomic E-state index is 0.0116. The van der Waals surface area contributed by atoms with Crippen molar-refractivity contribution in [2.45, 2.75) is 63.7 Å². The van der Waals surface area contributed by atoms with E-state index in [1.165, 1.54) is 0 Å². The summed E-state index contributed by atoms with van der Waals surface area (Å²) in [5, 5.41) is 12.7. The molecule has 6 rings (SSSR count). The number of carbonyl (C=O) groups is 1. The van der Waals surface area contributed by atoms with Gasteiger partial charge in [0.05, 0.1) is 5.69 Å². The summed E-state index contributed by atoms with van der Waals surface area (Å²) in [6, 6.07) is 12.3. The average Bonchev–Trinajstić information content (AvgIpc) is 3.26. The highest BCUT2D eigenvalue weighted by Crippen LogP contribution is 2.40. The van der Waals surface area contributed by atoms with Gasteiger partial charge in [-0.25, -0.2) is 4.39 Å². The molecule has 3 aliphatic rings. The molecule has 1 aromatic heterocycles. The number of ether oxygens (including phenoxy) is 1. The van der Waals surface area contributed by atoms with Gasteiger partial charge in [-0.2, -0.15) is 9.97 Å². The number of aromatic hydroxyl groups is 1. The zero-order chi connectivity index (χ0) is 28.0. The number of aromatic nitrogens is 2. The quantitative estimate of drug-likeness (QED) is 0.515. The molecule has 212 valence electrons. The molecule has 2 aliphatic heterocycles. The smallest absolute Gasteiger partial charge is 0.318 e. The minimum atomic E-state index is -0.838. The molecule has 0 unspecified atom stereocenters. The summed E-state index contributed by atoms with van der Waals surface area (Å²) < 4.78 is 20.1. The largest absolute Gasteiger partial charge is 0.508 e. The van der Waals surface area contributed by atoms with E-state index < -0.39 is 6.17 Å². The Labute approximate surface area is 234 Å². The molecular weight excluding hydrogens is 509 g/mol. The number of halogens is 1. The van der Waals surface area contributed by atoms with Crippen molar-refractivity contribution in [3.63, 3.8) is 0 Å². The molecule has 2 aromatic carbocycles. The summed E-state index contributed by atoms with van der Waals surface area (Å²) in [5.74, 6) is 1.45. The van der Waals surface area contributed by atoms with Gasteiger partial charge in [0, 0.05) is 50.7 Å². The number of benzene rings is 2. The van der Waals surface area contributed by atoms with Crippen LogP contribution in [0.5, 0.6) is 11.8 Å². The van der Waals surface area contributed by atoms with Crippen molar-refractivity contribution in [2.75, 3.05) is 44.7 Å². The lowest BCUT2D eigenvalue weighted by molar-refractivity contribution is -0.129. The number of carbonyl (C=O) groups excluding carboxylic acids is 1. The molecule has 8 nitrogen and oxygen atoms in total. The molecule has 0 saturated carbocycles. The molecule has 2 fully saturated rings. The number of alkyl halides is 1. The van der Waals surface area contributed by atoms with E-state index in [-0.39, 0.29) is 29.7 Å². The van der Waals surface area contributed by atoms with Gasteiger partial charge in [-0.3, -0.25) is 9.69 Å². The first kappa shape index (κ1) is 26.7. The van der Waals surface area contributed by atoms with Crippen LogP contribution in [-0.2, 0) is 17.6 Å². The van der Waals surface area contributed by atoms with Gasteiger partial charge in [-0.05, 0) is 74.0 Å². The number of phenols is 1. The van der Waals surface area contributed by atoms with Crippen LogP contribution in [0.15, 0.2) is 36.4 Å². The van der Waals surface area contributed by atoms with Gasteiger partial charge in [0.15, 0.2) is 0 Å². The maximum Gasteiger partial charge on any atom is 0.318 e. The summed E-state index contributed by atoms with van der Waals surface area (Å²) >= 11 is 0. The first-order valence-corrected chi connectivity index (χ1v) is 14.4. The van der Waals surface area contributed by atoms with Crippen LogP contribution in [0, 0.1) is 0 Å². The number of hydrogen-bond donors (Lipinski definition) is 1. The third kappa shape index (κ3) is 5.19. The van der Waals surface area contributed by atoms with Crippen molar-refractivity contribution < 1.29 is 19.0 Å². The molecule has 9 heteroatoms. The van der Waals surface area contributed by atoms with Gasteiger partial charge < -0.3 is 19.6 Å².